The SMILES string of the molecule is CC(NC(=O)c1ccccc1CC(=O)CN1CCN(Cc2ccccn2)CC1)c1ccccc1. The summed E-state index contributed by atoms with van der Waals surface area (Å²) in [5.74, 6) is -0.0163. The van der Waals surface area contributed by atoms with Crippen molar-refractivity contribution in [2.24, 2.45) is 0 Å². The first-order valence-corrected chi connectivity index (χ1v) is 11.9. The van der Waals surface area contributed by atoms with Gasteiger partial charge in [-0.05, 0) is 36.2 Å². The Morgan fingerprint density at radius 1 is 0.882 bits per heavy atom. The predicted octanol–water partition coefficient (Wildman–Crippen LogP) is 3.50. The van der Waals surface area contributed by atoms with Crippen molar-refractivity contribution < 1.29 is 9.59 Å². The maximum Gasteiger partial charge on any atom is 0.252 e. The van der Waals surface area contributed by atoms with Crippen molar-refractivity contribution in [1.29, 1.82) is 0 Å². The third-order valence-corrected chi connectivity index (χ3v) is 6.27. The van der Waals surface area contributed by atoms with Gasteiger partial charge in [0.15, 0.2) is 5.78 Å². The summed E-state index contributed by atoms with van der Waals surface area (Å²) in [7, 11) is 0. The summed E-state index contributed by atoms with van der Waals surface area (Å²) >= 11 is 0. The number of benzene rings is 2. The summed E-state index contributed by atoms with van der Waals surface area (Å²) in [6.07, 6.45) is 2.09. The minimum atomic E-state index is -0.150. The molecule has 6 nitrogen and oxygen atoms in total. The van der Waals surface area contributed by atoms with Crippen LogP contribution < -0.4 is 5.32 Å². The minimum absolute atomic E-state index is 0.111. The van der Waals surface area contributed by atoms with E-state index in [1.54, 1.807) is 6.07 Å². The van der Waals surface area contributed by atoms with Crippen LogP contribution in [0.5, 0.6) is 0 Å². The number of nitrogens with one attached hydrogen (secondary N) is 1. The number of rotatable bonds is 9. The number of aromatic nitrogens is 1. The van der Waals surface area contributed by atoms with Gasteiger partial charge in [-0.2, -0.15) is 0 Å². The largest absolute Gasteiger partial charge is 0.346 e. The fraction of sp³-hybridized carbons (Fsp3) is 0.321. The molecule has 1 aromatic heterocycles. The lowest BCUT2D eigenvalue weighted by Gasteiger charge is -2.34. The van der Waals surface area contributed by atoms with Gasteiger partial charge in [-0.25, -0.2) is 0 Å². The molecule has 0 bridgehead atoms. The summed E-state index contributed by atoms with van der Waals surface area (Å²) in [5.41, 5.74) is 3.47. The normalized spacial score (nSPS) is 15.6. The number of nitrogens with zero attached hydrogens (tertiary/aromatic N) is 3. The van der Waals surface area contributed by atoms with Gasteiger partial charge in [0, 0.05) is 50.9 Å². The molecular formula is C28H32N4O2. The molecule has 1 N–H and O–H groups in total. The van der Waals surface area contributed by atoms with Crippen LogP contribution in [0.4, 0.5) is 0 Å². The second-order valence-corrected chi connectivity index (χ2v) is 8.85. The zero-order valence-electron chi connectivity index (χ0n) is 19.7. The second kappa shape index (κ2) is 11.7. The van der Waals surface area contributed by atoms with Crippen LogP contribution in [0.1, 0.15) is 40.1 Å². The number of piperazine rings is 1. The van der Waals surface area contributed by atoms with Crippen LogP contribution in [0.15, 0.2) is 79.0 Å². The predicted molar refractivity (Wildman–Crippen MR) is 133 cm³/mol. The molecule has 6 heteroatoms. The molecule has 0 radical (unpaired) electrons. The van der Waals surface area contributed by atoms with E-state index in [-0.39, 0.29) is 24.2 Å². The molecule has 0 aliphatic carbocycles. The maximum absolute atomic E-state index is 13.0. The van der Waals surface area contributed by atoms with Crippen molar-refractivity contribution in [3.63, 3.8) is 0 Å². The highest BCUT2D eigenvalue weighted by atomic mass is 16.1. The highest BCUT2D eigenvalue weighted by Crippen LogP contribution is 2.16. The average Bonchev–Trinajstić information content (AvgIpc) is 2.86. The summed E-state index contributed by atoms with van der Waals surface area (Å²) in [6.45, 7) is 6.76. The zero-order chi connectivity index (χ0) is 23.8. The summed E-state index contributed by atoms with van der Waals surface area (Å²) in [6, 6.07) is 23.2. The number of carbonyl (C=O) groups excluding carboxylic acids is 2. The maximum atomic E-state index is 13.0. The Bertz CT molecular complexity index is 1080. The van der Waals surface area contributed by atoms with Crippen molar-refractivity contribution in [3.8, 4) is 0 Å². The van der Waals surface area contributed by atoms with E-state index in [4.69, 9.17) is 0 Å². The van der Waals surface area contributed by atoms with Gasteiger partial charge in [0.2, 0.25) is 0 Å². The van der Waals surface area contributed by atoms with Crippen molar-refractivity contribution in [3.05, 3.63) is 101 Å². The number of hydrogen-bond donors (Lipinski definition) is 1. The summed E-state index contributed by atoms with van der Waals surface area (Å²) in [5, 5.41) is 3.06. The lowest BCUT2D eigenvalue weighted by Crippen LogP contribution is -2.47. The smallest absolute Gasteiger partial charge is 0.252 e. The van der Waals surface area contributed by atoms with E-state index in [1.165, 1.54) is 0 Å². The van der Waals surface area contributed by atoms with Gasteiger partial charge in [-0.15, -0.1) is 0 Å². The monoisotopic (exact) mass is 456 g/mol. The molecule has 0 saturated carbocycles. The van der Waals surface area contributed by atoms with Gasteiger partial charge < -0.3 is 5.32 Å². The molecule has 1 aliphatic heterocycles. The van der Waals surface area contributed by atoms with Crippen LogP contribution in [-0.2, 0) is 17.8 Å². The number of ketones is 1. The Labute approximate surface area is 201 Å². The standard InChI is InChI=1S/C28H32N4O2/c1-22(23-9-3-2-4-10-23)30-28(34)27-13-6-5-11-24(27)19-26(33)21-32-17-15-31(16-18-32)20-25-12-7-8-14-29-25/h2-14,22H,15-21H2,1H3,(H,30,34). The van der Waals surface area contributed by atoms with Crippen molar-refractivity contribution in [1.82, 2.24) is 20.1 Å². The Balaban J connectivity index is 1.29. The van der Waals surface area contributed by atoms with Crippen LogP contribution in [0.2, 0.25) is 0 Å². The Kier molecular flexibility index (Phi) is 8.17. The summed E-state index contributed by atoms with van der Waals surface area (Å²) < 4.78 is 0. The molecule has 3 aromatic rings. The quantitative estimate of drug-likeness (QED) is 0.534. The first-order valence-electron chi connectivity index (χ1n) is 11.9. The van der Waals surface area contributed by atoms with Gasteiger partial charge in [0.1, 0.15) is 0 Å². The second-order valence-electron chi connectivity index (χ2n) is 8.85. The molecule has 0 spiro atoms. The Hall–Kier alpha value is -3.35. The molecule has 1 unspecified atom stereocenters. The third-order valence-electron chi connectivity index (χ3n) is 6.27. The molecular weight excluding hydrogens is 424 g/mol. The average molecular weight is 457 g/mol. The highest BCUT2D eigenvalue weighted by molar-refractivity contribution is 5.97. The fourth-order valence-corrected chi connectivity index (χ4v) is 4.34. The van der Waals surface area contributed by atoms with Gasteiger partial charge in [0.05, 0.1) is 18.3 Å². The van der Waals surface area contributed by atoms with Gasteiger partial charge in [0.25, 0.3) is 5.91 Å². The number of amides is 1. The van der Waals surface area contributed by atoms with E-state index in [0.717, 1.165) is 49.5 Å². The lowest BCUT2D eigenvalue weighted by molar-refractivity contribution is -0.120. The van der Waals surface area contributed by atoms with E-state index < -0.39 is 0 Å². The van der Waals surface area contributed by atoms with Crippen molar-refractivity contribution >= 4 is 11.7 Å². The molecule has 2 heterocycles. The van der Waals surface area contributed by atoms with Gasteiger partial charge in [-0.1, -0.05) is 54.6 Å². The van der Waals surface area contributed by atoms with Crippen LogP contribution in [0.25, 0.3) is 0 Å². The number of carbonyl (C=O) groups is 2. The topological polar surface area (TPSA) is 65.5 Å². The Morgan fingerprint density at radius 2 is 1.56 bits per heavy atom. The number of hydrogen-bond acceptors (Lipinski definition) is 5. The molecule has 1 amide bonds. The molecule has 1 atom stereocenters. The van der Waals surface area contributed by atoms with Gasteiger partial charge in [-0.3, -0.25) is 24.4 Å². The summed E-state index contributed by atoms with van der Waals surface area (Å²) in [4.78, 5) is 34.8. The highest BCUT2D eigenvalue weighted by Gasteiger charge is 2.21. The first kappa shape index (κ1) is 23.8. The molecule has 34 heavy (non-hydrogen) atoms. The molecule has 176 valence electrons. The molecule has 2 aromatic carbocycles. The molecule has 1 fully saturated rings. The van der Waals surface area contributed by atoms with Gasteiger partial charge >= 0.3 is 0 Å². The van der Waals surface area contributed by atoms with E-state index >= 15 is 0 Å². The van der Waals surface area contributed by atoms with Crippen LogP contribution in [-0.4, -0.2) is 59.2 Å². The fourth-order valence-electron chi connectivity index (χ4n) is 4.34. The van der Waals surface area contributed by atoms with Crippen molar-refractivity contribution in [2.75, 3.05) is 32.7 Å². The van der Waals surface area contributed by atoms with E-state index in [1.807, 2.05) is 79.9 Å². The molecule has 1 aliphatic rings. The van der Waals surface area contributed by atoms with Crippen molar-refractivity contribution in [2.45, 2.75) is 25.9 Å². The third kappa shape index (κ3) is 6.59. The van der Waals surface area contributed by atoms with E-state index in [9.17, 15) is 9.59 Å². The lowest BCUT2D eigenvalue weighted by atomic mass is 10.0. The zero-order valence-corrected chi connectivity index (χ0v) is 19.7. The minimum Gasteiger partial charge on any atom is -0.346 e. The van der Waals surface area contributed by atoms with Crippen LogP contribution in [0.3, 0.4) is 0 Å². The van der Waals surface area contributed by atoms with Crippen LogP contribution >= 0.6 is 0 Å². The molecule has 4 rings (SSSR count). The Morgan fingerprint density at radius 3 is 2.29 bits per heavy atom. The number of pyridine rings is 1. The number of Topliss-reactive ketones (excluding diaryl/α,β-unsaturated/α-hetero) is 1. The van der Waals surface area contributed by atoms with E-state index in [0.29, 0.717) is 12.1 Å². The first-order chi connectivity index (χ1) is 16.6. The molecule has 1 saturated heterocycles. The van der Waals surface area contributed by atoms with E-state index in [2.05, 4.69) is 20.1 Å². The van der Waals surface area contributed by atoms with Crippen LogP contribution in [0, 0.1) is 0 Å².